The Morgan fingerprint density at radius 1 is 1.35 bits per heavy atom. The number of guanidine groups is 1. The van der Waals surface area contributed by atoms with Crippen molar-refractivity contribution in [2.75, 3.05) is 38.7 Å². The van der Waals surface area contributed by atoms with Crippen molar-refractivity contribution in [3.05, 3.63) is 35.4 Å². The topological polar surface area (TPSA) is 39.7 Å². The predicted molar refractivity (Wildman–Crippen MR) is 118 cm³/mol. The number of piperidine rings is 1. The van der Waals surface area contributed by atoms with E-state index in [-0.39, 0.29) is 35.6 Å². The van der Waals surface area contributed by atoms with Crippen LogP contribution in [0.2, 0.25) is 0 Å². The minimum absolute atomic E-state index is 0. The van der Waals surface area contributed by atoms with Crippen LogP contribution in [-0.2, 0) is 6.54 Å². The molecule has 1 fully saturated rings. The Morgan fingerprint density at radius 3 is 2.73 bits per heavy atom. The molecule has 0 spiro atoms. The lowest BCUT2D eigenvalue weighted by Gasteiger charge is -2.34. The predicted octanol–water partition coefficient (Wildman–Crippen LogP) is 3.47. The molecule has 148 valence electrons. The zero-order valence-electron chi connectivity index (χ0n) is 15.4. The second-order valence-corrected chi connectivity index (χ2v) is 7.25. The van der Waals surface area contributed by atoms with E-state index in [1.807, 2.05) is 11.8 Å². The van der Waals surface area contributed by atoms with Gasteiger partial charge in [0.1, 0.15) is 11.6 Å². The van der Waals surface area contributed by atoms with Gasteiger partial charge in [-0.2, -0.15) is 11.8 Å². The highest BCUT2D eigenvalue weighted by Crippen LogP contribution is 2.18. The molecule has 0 bridgehead atoms. The van der Waals surface area contributed by atoms with Crippen LogP contribution in [0.15, 0.2) is 23.2 Å². The molecule has 2 rings (SSSR count). The Kier molecular flexibility index (Phi) is 11.5. The van der Waals surface area contributed by atoms with Gasteiger partial charge in [0.2, 0.25) is 0 Å². The molecule has 0 amide bonds. The summed E-state index contributed by atoms with van der Waals surface area (Å²) in [5, 5.41) is 6.75. The standard InChI is InChI=1S/C18H28F2N4S.HI/c1-21-18(22-9-5-11-25-2)23-14-6-4-10-24(12-14)13-15-16(19)7-3-8-17(15)20;/h3,7-8,14H,4-6,9-13H2,1-2H3,(H2,21,22,23);1H. The molecule has 0 radical (unpaired) electrons. The number of nitrogens with zero attached hydrogens (tertiary/aromatic N) is 2. The van der Waals surface area contributed by atoms with E-state index < -0.39 is 11.6 Å². The van der Waals surface area contributed by atoms with Crippen LogP contribution >= 0.6 is 35.7 Å². The molecule has 1 aromatic carbocycles. The van der Waals surface area contributed by atoms with E-state index in [9.17, 15) is 8.78 Å². The van der Waals surface area contributed by atoms with Crippen molar-refractivity contribution in [3.8, 4) is 0 Å². The van der Waals surface area contributed by atoms with E-state index in [1.165, 1.54) is 18.2 Å². The van der Waals surface area contributed by atoms with Crippen LogP contribution in [0.25, 0.3) is 0 Å². The van der Waals surface area contributed by atoms with Crippen molar-refractivity contribution in [1.82, 2.24) is 15.5 Å². The second-order valence-electron chi connectivity index (χ2n) is 6.26. The maximum Gasteiger partial charge on any atom is 0.191 e. The van der Waals surface area contributed by atoms with E-state index in [1.54, 1.807) is 7.05 Å². The monoisotopic (exact) mass is 498 g/mol. The Labute approximate surface area is 176 Å². The minimum atomic E-state index is -0.471. The Balaban J connectivity index is 0.00000338. The minimum Gasteiger partial charge on any atom is -0.356 e. The van der Waals surface area contributed by atoms with Crippen molar-refractivity contribution in [2.24, 2.45) is 4.99 Å². The van der Waals surface area contributed by atoms with E-state index in [0.717, 1.165) is 50.6 Å². The fourth-order valence-corrected chi connectivity index (χ4v) is 3.47. The van der Waals surface area contributed by atoms with Gasteiger partial charge in [-0.05, 0) is 49.9 Å². The summed E-state index contributed by atoms with van der Waals surface area (Å²) in [7, 11) is 1.76. The van der Waals surface area contributed by atoms with Gasteiger partial charge in [-0.25, -0.2) is 8.78 Å². The number of hydrogen-bond acceptors (Lipinski definition) is 3. The summed E-state index contributed by atoms with van der Waals surface area (Å²) >= 11 is 1.83. The molecule has 4 nitrogen and oxygen atoms in total. The lowest BCUT2D eigenvalue weighted by Crippen LogP contribution is -2.51. The quantitative estimate of drug-likeness (QED) is 0.262. The highest BCUT2D eigenvalue weighted by molar-refractivity contribution is 14.0. The number of thioether (sulfide) groups is 1. The number of hydrogen-bond donors (Lipinski definition) is 2. The highest BCUT2D eigenvalue weighted by Gasteiger charge is 2.22. The van der Waals surface area contributed by atoms with Crippen LogP contribution in [0, 0.1) is 11.6 Å². The van der Waals surface area contributed by atoms with Crippen LogP contribution in [0.1, 0.15) is 24.8 Å². The number of nitrogens with one attached hydrogen (secondary N) is 2. The molecule has 2 N–H and O–H groups in total. The first-order valence-electron chi connectivity index (χ1n) is 8.75. The first kappa shape index (κ1) is 23.4. The Bertz CT molecular complexity index is 554. The van der Waals surface area contributed by atoms with Crippen molar-refractivity contribution in [2.45, 2.75) is 31.8 Å². The summed E-state index contributed by atoms with van der Waals surface area (Å²) in [6, 6.07) is 4.27. The average Bonchev–Trinajstić information content (AvgIpc) is 2.61. The van der Waals surface area contributed by atoms with Gasteiger partial charge in [0, 0.05) is 38.3 Å². The smallest absolute Gasteiger partial charge is 0.191 e. The first-order valence-corrected chi connectivity index (χ1v) is 10.1. The van der Waals surface area contributed by atoms with Crippen LogP contribution in [0.3, 0.4) is 0 Å². The Hall–Kier alpha value is -0.610. The van der Waals surface area contributed by atoms with Crippen LogP contribution in [0.4, 0.5) is 8.78 Å². The third-order valence-corrected chi connectivity index (χ3v) is 5.03. The summed E-state index contributed by atoms with van der Waals surface area (Å²) in [5.41, 5.74) is 0.155. The molecule has 1 heterocycles. The highest BCUT2D eigenvalue weighted by atomic mass is 127. The fourth-order valence-electron chi connectivity index (χ4n) is 3.04. The molecule has 1 aliphatic heterocycles. The van der Waals surface area contributed by atoms with Gasteiger partial charge in [0.15, 0.2) is 5.96 Å². The van der Waals surface area contributed by atoms with Gasteiger partial charge in [-0.1, -0.05) is 6.07 Å². The van der Waals surface area contributed by atoms with Crippen molar-refractivity contribution in [1.29, 1.82) is 0 Å². The maximum atomic E-state index is 13.9. The summed E-state index contributed by atoms with van der Waals surface area (Å²) < 4.78 is 27.7. The molecule has 1 saturated heterocycles. The molecule has 0 aliphatic carbocycles. The average molecular weight is 498 g/mol. The molecular formula is C18H29F2IN4S. The first-order chi connectivity index (χ1) is 12.1. The number of benzene rings is 1. The van der Waals surface area contributed by atoms with E-state index in [0.29, 0.717) is 6.54 Å². The molecule has 8 heteroatoms. The van der Waals surface area contributed by atoms with Crippen molar-refractivity contribution < 1.29 is 8.78 Å². The molecule has 26 heavy (non-hydrogen) atoms. The number of aliphatic imine (C=N–C) groups is 1. The lowest BCUT2D eigenvalue weighted by atomic mass is 10.0. The van der Waals surface area contributed by atoms with Crippen LogP contribution in [-0.4, -0.2) is 55.6 Å². The third-order valence-electron chi connectivity index (χ3n) is 4.33. The third kappa shape index (κ3) is 7.56. The summed E-state index contributed by atoms with van der Waals surface area (Å²) in [6.07, 6.45) is 5.21. The number of rotatable bonds is 7. The van der Waals surface area contributed by atoms with Crippen LogP contribution < -0.4 is 10.6 Å². The van der Waals surface area contributed by atoms with Gasteiger partial charge < -0.3 is 10.6 Å². The van der Waals surface area contributed by atoms with Crippen molar-refractivity contribution in [3.63, 3.8) is 0 Å². The van der Waals surface area contributed by atoms with Gasteiger partial charge in [-0.15, -0.1) is 24.0 Å². The zero-order valence-corrected chi connectivity index (χ0v) is 18.6. The maximum absolute atomic E-state index is 13.9. The van der Waals surface area contributed by atoms with Gasteiger partial charge in [0.05, 0.1) is 0 Å². The summed E-state index contributed by atoms with van der Waals surface area (Å²) in [4.78, 5) is 6.37. The molecule has 1 atom stereocenters. The summed E-state index contributed by atoms with van der Waals surface area (Å²) in [5.74, 6) is 0.975. The molecule has 0 aromatic heterocycles. The second kappa shape index (κ2) is 12.7. The molecular weight excluding hydrogens is 469 g/mol. The zero-order chi connectivity index (χ0) is 18.1. The number of likely N-dealkylation sites (tertiary alicyclic amines) is 1. The molecule has 1 unspecified atom stereocenters. The fraction of sp³-hybridized carbons (Fsp3) is 0.611. The summed E-state index contributed by atoms with van der Waals surface area (Å²) in [6.45, 7) is 2.79. The molecule has 1 aromatic rings. The van der Waals surface area contributed by atoms with Gasteiger partial charge in [0.25, 0.3) is 0 Å². The van der Waals surface area contributed by atoms with Gasteiger partial charge >= 0.3 is 0 Å². The Morgan fingerprint density at radius 2 is 2.08 bits per heavy atom. The van der Waals surface area contributed by atoms with Gasteiger partial charge in [-0.3, -0.25) is 9.89 Å². The SMILES string of the molecule is CN=C(NCCCSC)NC1CCCN(Cc2c(F)cccc2F)C1.I. The van der Waals surface area contributed by atoms with Crippen LogP contribution in [0.5, 0.6) is 0 Å². The van der Waals surface area contributed by atoms with Crippen molar-refractivity contribution >= 4 is 41.7 Å². The normalized spacial score (nSPS) is 18.3. The van der Waals surface area contributed by atoms with E-state index in [4.69, 9.17) is 0 Å². The largest absolute Gasteiger partial charge is 0.356 e. The van der Waals surface area contributed by atoms with E-state index >= 15 is 0 Å². The lowest BCUT2D eigenvalue weighted by molar-refractivity contribution is 0.188. The molecule has 1 aliphatic rings. The molecule has 0 saturated carbocycles. The number of halogens is 3. The van der Waals surface area contributed by atoms with E-state index in [2.05, 4.69) is 26.8 Å².